The van der Waals surface area contributed by atoms with Gasteiger partial charge in [0.15, 0.2) is 0 Å². The normalized spacial score (nSPS) is 12.0. The topological polar surface area (TPSA) is 90.4 Å². The molecule has 0 saturated carbocycles. The van der Waals surface area contributed by atoms with Gasteiger partial charge in [0, 0.05) is 11.5 Å². The summed E-state index contributed by atoms with van der Waals surface area (Å²) in [6, 6.07) is 5.37. The summed E-state index contributed by atoms with van der Waals surface area (Å²) in [7, 11) is 0. The third kappa shape index (κ3) is 7.48. The number of amides is 1. The Hall–Kier alpha value is -0.890. The maximum absolute atomic E-state index is 11.8. The maximum atomic E-state index is 11.8. The fourth-order valence-corrected chi connectivity index (χ4v) is 2.71. The van der Waals surface area contributed by atoms with Crippen LogP contribution in [0.1, 0.15) is 30.4 Å². The van der Waals surface area contributed by atoms with Crippen molar-refractivity contribution in [3.8, 4) is 5.75 Å². The van der Waals surface area contributed by atoms with Gasteiger partial charge in [0.05, 0.1) is 12.6 Å². The van der Waals surface area contributed by atoms with Crippen molar-refractivity contribution in [2.24, 2.45) is 11.5 Å². The largest absolute Gasteiger partial charge is 0.492 e. The number of unbranched alkanes of at least 4 members (excludes halogenated alkanes) is 1. The highest BCUT2D eigenvalue weighted by Gasteiger charge is 2.12. The summed E-state index contributed by atoms with van der Waals surface area (Å²) in [4.78, 5) is 11.8. The average Bonchev–Trinajstić information content (AvgIpc) is 2.58. The lowest BCUT2D eigenvalue weighted by atomic mass is 10.1. The molecule has 7 heteroatoms. The van der Waals surface area contributed by atoms with Crippen LogP contribution >= 0.6 is 25.3 Å². The van der Waals surface area contributed by atoms with Crippen LogP contribution in [-0.4, -0.2) is 31.6 Å². The number of nitrogens with one attached hydrogen (secondary N) is 1. The highest BCUT2D eigenvalue weighted by Crippen LogP contribution is 2.20. The Bertz CT molecular complexity index is 486. The van der Waals surface area contributed by atoms with E-state index in [9.17, 15) is 4.79 Å². The van der Waals surface area contributed by atoms with Gasteiger partial charge in [-0.1, -0.05) is 12.5 Å². The van der Waals surface area contributed by atoms with E-state index in [-0.39, 0.29) is 5.91 Å². The summed E-state index contributed by atoms with van der Waals surface area (Å²) in [5.74, 6) is 1.93. The smallest absolute Gasteiger partial charge is 0.237 e. The molecule has 0 aromatic heterocycles. The second kappa shape index (κ2) is 11.6. The van der Waals surface area contributed by atoms with Crippen molar-refractivity contribution in [1.82, 2.24) is 5.32 Å². The maximum Gasteiger partial charge on any atom is 0.237 e. The Kier molecular flexibility index (Phi) is 10.2. The minimum Gasteiger partial charge on any atom is -0.492 e. The second-order valence-corrected chi connectivity index (χ2v) is 5.91. The lowest BCUT2D eigenvalue weighted by Crippen LogP contribution is -2.42. The van der Waals surface area contributed by atoms with Crippen molar-refractivity contribution >= 4 is 31.2 Å². The van der Waals surface area contributed by atoms with Crippen LogP contribution < -0.4 is 21.5 Å². The SMILES string of the molecule is NCCCCC(N)C(=O)NCCOc1ccc(CS)c(CS)c1. The van der Waals surface area contributed by atoms with Gasteiger partial charge in [-0.15, -0.1) is 0 Å². The Morgan fingerprint density at radius 3 is 2.61 bits per heavy atom. The van der Waals surface area contributed by atoms with E-state index in [1.165, 1.54) is 0 Å². The first-order chi connectivity index (χ1) is 11.1. The molecule has 0 spiro atoms. The van der Waals surface area contributed by atoms with Crippen molar-refractivity contribution < 1.29 is 9.53 Å². The number of carbonyl (C=O) groups excluding carboxylic acids is 1. The number of hydrogen-bond donors (Lipinski definition) is 5. The van der Waals surface area contributed by atoms with Crippen molar-refractivity contribution in [2.45, 2.75) is 36.8 Å². The standard InChI is InChI=1S/C16H27N3O2S2/c17-6-2-1-3-15(18)16(20)19-7-8-21-14-5-4-12(10-22)13(9-14)11-23/h4-5,9,15,22-23H,1-3,6-8,10-11,17-18H2,(H,19,20). The van der Waals surface area contributed by atoms with Crippen LogP contribution in [0.2, 0.25) is 0 Å². The van der Waals surface area contributed by atoms with E-state index in [0.29, 0.717) is 37.6 Å². The summed E-state index contributed by atoms with van der Waals surface area (Å²) >= 11 is 8.59. The summed E-state index contributed by atoms with van der Waals surface area (Å²) in [5.41, 5.74) is 13.5. The van der Waals surface area contributed by atoms with Crippen LogP contribution in [0.25, 0.3) is 0 Å². The van der Waals surface area contributed by atoms with Crippen LogP contribution in [0.3, 0.4) is 0 Å². The molecule has 1 amide bonds. The molecule has 0 bridgehead atoms. The van der Waals surface area contributed by atoms with Gasteiger partial charge >= 0.3 is 0 Å². The Morgan fingerprint density at radius 1 is 1.22 bits per heavy atom. The molecular formula is C16H27N3O2S2. The van der Waals surface area contributed by atoms with Crippen LogP contribution in [0.5, 0.6) is 5.75 Å². The summed E-state index contributed by atoms with van der Waals surface area (Å²) in [6.45, 7) is 1.45. The summed E-state index contributed by atoms with van der Waals surface area (Å²) in [5, 5.41) is 2.78. The van der Waals surface area contributed by atoms with E-state index < -0.39 is 6.04 Å². The van der Waals surface area contributed by atoms with E-state index in [2.05, 4.69) is 30.6 Å². The predicted octanol–water partition coefficient (Wildman–Crippen LogP) is 1.50. The molecule has 130 valence electrons. The molecule has 1 aromatic rings. The minimum atomic E-state index is -0.480. The highest BCUT2D eigenvalue weighted by molar-refractivity contribution is 7.79. The third-order valence-corrected chi connectivity index (χ3v) is 4.18. The van der Waals surface area contributed by atoms with E-state index in [1.807, 2.05) is 18.2 Å². The van der Waals surface area contributed by atoms with E-state index in [4.69, 9.17) is 16.2 Å². The zero-order chi connectivity index (χ0) is 17.1. The minimum absolute atomic E-state index is 0.146. The quantitative estimate of drug-likeness (QED) is 0.307. The highest BCUT2D eigenvalue weighted by atomic mass is 32.1. The Morgan fingerprint density at radius 2 is 1.96 bits per heavy atom. The molecule has 0 radical (unpaired) electrons. The number of nitrogens with two attached hydrogens (primary N) is 2. The van der Waals surface area contributed by atoms with Gasteiger partial charge < -0.3 is 21.5 Å². The Labute approximate surface area is 149 Å². The molecular weight excluding hydrogens is 330 g/mol. The fraction of sp³-hybridized carbons (Fsp3) is 0.562. The Balaban J connectivity index is 2.30. The molecule has 0 fully saturated rings. The molecule has 0 saturated heterocycles. The average molecular weight is 358 g/mol. The fourth-order valence-electron chi connectivity index (χ4n) is 2.11. The zero-order valence-electron chi connectivity index (χ0n) is 13.3. The molecule has 23 heavy (non-hydrogen) atoms. The van der Waals surface area contributed by atoms with Crippen LogP contribution in [-0.2, 0) is 16.3 Å². The monoisotopic (exact) mass is 357 g/mol. The van der Waals surface area contributed by atoms with Gasteiger partial charge in [0.1, 0.15) is 12.4 Å². The molecule has 0 heterocycles. The molecule has 1 atom stereocenters. The molecule has 0 aliphatic carbocycles. The number of hydrogen-bond acceptors (Lipinski definition) is 6. The number of carbonyl (C=O) groups is 1. The third-order valence-electron chi connectivity index (χ3n) is 3.49. The van der Waals surface area contributed by atoms with Gasteiger partial charge in [0.25, 0.3) is 0 Å². The molecule has 0 aliphatic rings. The van der Waals surface area contributed by atoms with E-state index in [1.54, 1.807) is 0 Å². The molecule has 1 aromatic carbocycles. The van der Waals surface area contributed by atoms with Crippen molar-refractivity contribution in [2.75, 3.05) is 19.7 Å². The van der Waals surface area contributed by atoms with Gasteiger partial charge in [-0.25, -0.2) is 0 Å². The van der Waals surface area contributed by atoms with Crippen molar-refractivity contribution in [1.29, 1.82) is 0 Å². The first-order valence-corrected chi connectivity index (χ1v) is 9.08. The van der Waals surface area contributed by atoms with Gasteiger partial charge in [0.2, 0.25) is 5.91 Å². The molecule has 1 rings (SSSR count). The molecule has 5 nitrogen and oxygen atoms in total. The van der Waals surface area contributed by atoms with Crippen LogP contribution in [0.15, 0.2) is 18.2 Å². The second-order valence-electron chi connectivity index (χ2n) is 5.28. The van der Waals surface area contributed by atoms with Crippen molar-refractivity contribution in [3.05, 3.63) is 29.3 Å². The van der Waals surface area contributed by atoms with Gasteiger partial charge in [-0.05, 0) is 42.6 Å². The molecule has 1 unspecified atom stereocenters. The zero-order valence-corrected chi connectivity index (χ0v) is 15.1. The molecule has 5 N–H and O–H groups in total. The predicted molar refractivity (Wildman–Crippen MR) is 101 cm³/mol. The number of ether oxygens (including phenoxy) is 1. The van der Waals surface area contributed by atoms with Gasteiger partial charge in [-0.3, -0.25) is 4.79 Å². The lowest BCUT2D eigenvalue weighted by molar-refractivity contribution is -0.122. The number of rotatable bonds is 11. The first kappa shape index (κ1) is 20.2. The van der Waals surface area contributed by atoms with Gasteiger partial charge in [-0.2, -0.15) is 25.3 Å². The van der Waals surface area contributed by atoms with Crippen molar-refractivity contribution in [3.63, 3.8) is 0 Å². The lowest BCUT2D eigenvalue weighted by Gasteiger charge is -2.13. The van der Waals surface area contributed by atoms with E-state index in [0.717, 1.165) is 29.7 Å². The summed E-state index contributed by atoms with van der Waals surface area (Å²) in [6.07, 6.45) is 2.41. The summed E-state index contributed by atoms with van der Waals surface area (Å²) < 4.78 is 5.65. The molecule has 0 aliphatic heterocycles. The number of thiol groups is 2. The van der Waals surface area contributed by atoms with E-state index >= 15 is 0 Å². The van der Waals surface area contributed by atoms with Crippen LogP contribution in [0.4, 0.5) is 0 Å². The number of benzene rings is 1. The first-order valence-electron chi connectivity index (χ1n) is 7.82. The van der Waals surface area contributed by atoms with Crippen LogP contribution in [0, 0.1) is 0 Å².